The zero-order valence-corrected chi connectivity index (χ0v) is 11.3. The predicted octanol–water partition coefficient (Wildman–Crippen LogP) is 2.46. The number of carbonyl (C=O) groups is 1. The molecule has 0 aliphatic carbocycles. The van der Waals surface area contributed by atoms with Gasteiger partial charge >= 0.3 is 0 Å². The second-order valence-electron chi connectivity index (χ2n) is 3.63. The van der Waals surface area contributed by atoms with Crippen molar-refractivity contribution in [1.29, 1.82) is 0 Å². The topological polar surface area (TPSA) is 46.3 Å². The number of anilines is 1. The van der Waals surface area contributed by atoms with E-state index in [1.54, 1.807) is 4.90 Å². The first kappa shape index (κ1) is 13.2. The summed E-state index contributed by atoms with van der Waals surface area (Å²) in [6.07, 6.45) is 0.383. The van der Waals surface area contributed by atoms with Crippen LogP contribution in [0.5, 0.6) is 0 Å². The molecule has 0 unspecified atom stereocenters. The summed E-state index contributed by atoms with van der Waals surface area (Å²) in [5.74, 6) is 0.0644. The van der Waals surface area contributed by atoms with Gasteiger partial charge in [0.2, 0.25) is 5.91 Å². The van der Waals surface area contributed by atoms with Crippen molar-refractivity contribution in [1.82, 2.24) is 0 Å². The molecule has 1 aromatic carbocycles. The number of rotatable bonds is 4. The van der Waals surface area contributed by atoms with Gasteiger partial charge in [0, 0.05) is 24.0 Å². The number of benzene rings is 1. The summed E-state index contributed by atoms with van der Waals surface area (Å²) in [5, 5.41) is 0. The minimum Gasteiger partial charge on any atom is -0.330 e. The third-order valence-electron chi connectivity index (χ3n) is 2.37. The summed E-state index contributed by atoms with van der Waals surface area (Å²) < 4.78 is 0.944. The van der Waals surface area contributed by atoms with Gasteiger partial charge in [0.05, 0.1) is 5.69 Å². The van der Waals surface area contributed by atoms with Gasteiger partial charge in [0.25, 0.3) is 0 Å². The monoisotopic (exact) mass is 284 g/mol. The molecule has 0 fully saturated rings. The van der Waals surface area contributed by atoms with Crippen molar-refractivity contribution in [3.8, 4) is 0 Å². The smallest absolute Gasteiger partial charge is 0.228 e. The van der Waals surface area contributed by atoms with Crippen molar-refractivity contribution in [3.05, 3.63) is 28.2 Å². The molecule has 0 heterocycles. The molecular weight excluding hydrogens is 268 g/mol. The molecule has 0 radical (unpaired) electrons. The molecule has 0 aromatic heterocycles. The molecule has 1 aromatic rings. The maximum Gasteiger partial charge on any atom is 0.228 e. The number of halogens is 1. The molecule has 0 atom stereocenters. The van der Waals surface area contributed by atoms with Crippen molar-refractivity contribution in [2.45, 2.75) is 20.3 Å². The predicted molar refractivity (Wildman–Crippen MR) is 70.6 cm³/mol. The Balaban J connectivity index is 2.99. The molecule has 16 heavy (non-hydrogen) atoms. The SMILES string of the molecule is CCN(C(=O)CCN)c1ccc(C)cc1Br. The van der Waals surface area contributed by atoms with E-state index >= 15 is 0 Å². The zero-order chi connectivity index (χ0) is 12.1. The summed E-state index contributed by atoms with van der Waals surface area (Å²) in [7, 11) is 0. The maximum atomic E-state index is 11.8. The number of amides is 1. The minimum atomic E-state index is 0.0644. The number of nitrogens with zero attached hydrogens (tertiary/aromatic N) is 1. The average molecular weight is 285 g/mol. The van der Waals surface area contributed by atoms with Gasteiger partial charge in [0.1, 0.15) is 0 Å². The van der Waals surface area contributed by atoms with Crippen LogP contribution in [0.15, 0.2) is 22.7 Å². The summed E-state index contributed by atoms with van der Waals surface area (Å²) in [5.41, 5.74) is 7.48. The number of nitrogens with two attached hydrogens (primary N) is 1. The summed E-state index contributed by atoms with van der Waals surface area (Å²) in [6.45, 7) is 5.02. The first-order valence-electron chi connectivity index (χ1n) is 5.36. The number of hydrogen-bond acceptors (Lipinski definition) is 2. The summed E-state index contributed by atoms with van der Waals surface area (Å²) in [6, 6.07) is 5.96. The van der Waals surface area contributed by atoms with E-state index in [2.05, 4.69) is 15.9 Å². The van der Waals surface area contributed by atoms with Crippen LogP contribution in [0.1, 0.15) is 18.9 Å². The highest BCUT2D eigenvalue weighted by atomic mass is 79.9. The van der Waals surface area contributed by atoms with Crippen molar-refractivity contribution in [2.24, 2.45) is 5.73 Å². The van der Waals surface area contributed by atoms with Gasteiger partial charge < -0.3 is 10.6 Å². The quantitative estimate of drug-likeness (QED) is 0.923. The Morgan fingerprint density at radius 1 is 1.50 bits per heavy atom. The molecule has 2 N–H and O–H groups in total. The lowest BCUT2D eigenvalue weighted by Crippen LogP contribution is -2.32. The molecule has 0 saturated heterocycles. The number of hydrogen-bond donors (Lipinski definition) is 1. The van der Waals surface area contributed by atoms with E-state index in [1.807, 2.05) is 32.0 Å². The van der Waals surface area contributed by atoms with Gasteiger partial charge in [-0.25, -0.2) is 0 Å². The molecule has 0 saturated carbocycles. The Bertz CT molecular complexity index is 379. The van der Waals surface area contributed by atoms with Crippen LogP contribution in [-0.4, -0.2) is 19.0 Å². The molecule has 0 bridgehead atoms. The van der Waals surface area contributed by atoms with Crippen LogP contribution in [0.25, 0.3) is 0 Å². The van der Waals surface area contributed by atoms with E-state index in [0.29, 0.717) is 19.5 Å². The standard InChI is InChI=1S/C12H17BrN2O/c1-3-15(12(16)6-7-14)11-5-4-9(2)8-10(11)13/h4-5,8H,3,6-7,14H2,1-2H3. The molecule has 0 aliphatic rings. The van der Waals surface area contributed by atoms with Crippen molar-refractivity contribution in [2.75, 3.05) is 18.0 Å². The van der Waals surface area contributed by atoms with Gasteiger partial charge in [-0.3, -0.25) is 4.79 Å². The second-order valence-corrected chi connectivity index (χ2v) is 4.49. The van der Waals surface area contributed by atoms with Gasteiger partial charge in [0.15, 0.2) is 0 Å². The third-order valence-corrected chi connectivity index (χ3v) is 3.00. The highest BCUT2D eigenvalue weighted by molar-refractivity contribution is 9.10. The van der Waals surface area contributed by atoms with Gasteiger partial charge in [-0.05, 0) is 47.5 Å². The van der Waals surface area contributed by atoms with Gasteiger partial charge in [-0.1, -0.05) is 6.07 Å². The molecule has 0 aliphatic heterocycles. The Labute approximate surface area is 105 Å². The van der Waals surface area contributed by atoms with Crippen LogP contribution in [0.3, 0.4) is 0 Å². The van der Waals surface area contributed by atoms with Crippen LogP contribution in [-0.2, 0) is 4.79 Å². The average Bonchev–Trinajstić information content (AvgIpc) is 2.22. The van der Waals surface area contributed by atoms with E-state index < -0.39 is 0 Å². The van der Waals surface area contributed by atoms with Crippen LogP contribution in [0.4, 0.5) is 5.69 Å². The van der Waals surface area contributed by atoms with Crippen molar-refractivity contribution in [3.63, 3.8) is 0 Å². The Morgan fingerprint density at radius 2 is 2.19 bits per heavy atom. The Morgan fingerprint density at radius 3 is 2.69 bits per heavy atom. The molecule has 1 amide bonds. The fourth-order valence-corrected chi connectivity index (χ4v) is 2.28. The first-order chi connectivity index (χ1) is 7.60. The third kappa shape index (κ3) is 3.06. The Hall–Kier alpha value is -0.870. The molecule has 3 nitrogen and oxygen atoms in total. The van der Waals surface area contributed by atoms with Gasteiger partial charge in [-0.2, -0.15) is 0 Å². The van der Waals surface area contributed by atoms with E-state index in [1.165, 1.54) is 0 Å². The second kappa shape index (κ2) is 6.01. The highest BCUT2D eigenvalue weighted by Gasteiger charge is 2.15. The molecule has 0 spiro atoms. The van der Waals surface area contributed by atoms with E-state index in [9.17, 15) is 4.79 Å². The fraction of sp³-hybridized carbons (Fsp3) is 0.417. The first-order valence-corrected chi connectivity index (χ1v) is 6.16. The molecule has 4 heteroatoms. The molecule has 88 valence electrons. The minimum absolute atomic E-state index is 0.0644. The summed E-state index contributed by atoms with van der Waals surface area (Å²) >= 11 is 3.48. The van der Waals surface area contributed by atoms with Crippen LogP contribution in [0.2, 0.25) is 0 Å². The normalized spacial score (nSPS) is 10.2. The van der Waals surface area contributed by atoms with Crippen molar-refractivity contribution >= 4 is 27.5 Å². The summed E-state index contributed by atoms with van der Waals surface area (Å²) in [4.78, 5) is 13.6. The fourth-order valence-electron chi connectivity index (χ4n) is 1.57. The highest BCUT2D eigenvalue weighted by Crippen LogP contribution is 2.27. The van der Waals surface area contributed by atoms with E-state index in [4.69, 9.17) is 5.73 Å². The Kier molecular flexibility index (Phi) is 4.96. The number of carbonyl (C=O) groups excluding carboxylic acids is 1. The van der Waals surface area contributed by atoms with Crippen LogP contribution >= 0.6 is 15.9 Å². The van der Waals surface area contributed by atoms with Crippen LogP contribution in [0, 0.1) is 6.92 Å². The maximum absolute atomic E-state index is 11.8. The number of aryl methyl sites for hydroxylation is 1. The largest absolute Gasteiger partial charge is 0.330 e. The lowest BCUT2D eigenvalue weighted by atomic mass is 10.2. The lowest BCUT2D eigenvalue weighted by molar-refractivity contribution is -0.118. The van der Waals surface area contributed by atoms with Gasteiger partial charge in [-0.15, -0.1) is 0 Å². The van der Waals surface area contributed by atoms with E-state index in [0.717, 1.165) is 15.7 Å². The molecule has 1 rings (SSSR count). The zero-order valence-electron chi connectivity index (χ0n) is 9.66. The van der Waals surface area contributed by atoms with Crippen LogP contribution < -0.4 is 10.6 Å². The molecular formula is C12H17BrN2O. The lowest BCUT2D eigenvalue weighted by Gasteiger charge is -2.22. The van der Waals surface area contributed by atoms with E-state index in [-0.39, 0.29) is 5.91 Å². The van der Waals surface area contributed by atoms with Crippen molar-refractivity contribution < 1.29 is 4.79 Å².